The first-order valence-electron chi connectivity index (χ1n) is 11.0. The summed E-state index contributed by atoms with van der Waals surface area (Å²) in [5, 5.41) is 0.516. The average Bonchev–Trinajstić information content (AvgIpc) is 3.47. The number of pyridine rings is 1. The van der Waals surface area contributed by atoms with E-state index in [4.69, 9.17) is 21.3 Å². The molecular formula is C24H24ClN5O3. The summed E-state index contributed by atoms with van der Waals surface area (Å²) in [5.41, 5.74) is 1.47. The lowest BCUT2D eigenvalue weighted by Crippen LogP contribution is -2.41. The lowest BCUT2D eigenvalue weighted by Gasteiger charge is -2.30. The van der Waals surface area contributed by atoms with Gasteiger partial charge in [-0.1, -0.05) is 17.7 Å². The van der Waals surface area contributed by atoms with Crippen LogP contribution in [-0.4, -0.2) is 50.9 Å². The summed E-state index contributed by atoms with van der Waals surface area (Å²) in [6, 6.07) is 11.0. The Morgan fingerprint density at radius 3 is 2.97 bits per heavy atom. The number of rotatable bonds is 5. The van der Waals surface area contributed by atoms with Crippen LogP contribution in [0.3, 0.4) is 0 Å². The zero-order chi connectivity index (χ0) is 22.9. The van der Waals surface area contributed by atoms with E-state index in [1.165, 1.54) is 0 Å². The number of aryl methyl sites for hydroxylation is 1. The van der Waals surface area contributed by atoms with Crippen LogP contribution in [-0.2, 0) is 9.59 Å². The van der Waals surface area contributed by atoms with Crippen LogP contribution in [0, 0.1) is 6.92 Å². The van der Waals surface area contributed by atoms with E-state index in [1.54, 1.807) is 29.3 Å². The van der Waals surface area contributed by atoms with Gasteiger partial charge in [0.25, 0.3) is 5.91 Å². The van der Waals surface area contributed by atoms with Gasteiger partial charge in [-0.15, -0.1) is 0 Å². The lowest BCUT2D eigenvalue weighted by atomic mass is 10.1. The number of carbonyl (C=O) groups excluding carboxylic acids is 2. The zero-order valence-corrected chi connectivity index (χ0v) is 19.0. The van der Waals surface area contributed by atoms with Gasteiger partial charge in [0, 0.05) is 36.9 Å². The number of fused-ring (bicyclic) bond motifs is 1. The van der Waals surface area contributed by atoms with E-state index in [9.17, 15) is 9.59 Å². The molecule has 2 aliphatic rings. The molecule has 0 spiro atoms. The van der Waals surface area contributed by atoms with Crippen molar-refractivity contribution in [1.29, 1.82) is 0 Å². The molecule has 1 atom stereocenters. The molecule has 0 aliphatic carbocycles. The summed E-state index contributed by atoms with van der Waals surface area (Å²) < 4.78 is 7.42. The summed E-state index contributed by atoms with van der Waals surface area (Å²) in [7, 11) is 0. The standard InChI is InChI=1S/C24H24ClN5O3/c1-16-26-10-13-28(16)22-6-2-4-18(27-22)19-5-3-11-29(19)23(31)9-12-30-20-14-17(25)7-8-21(20)33-15-24(30)32/h2,4,6-8,10,13-14,19H,3,5,9,11-12,15H2,1H3/t19-/m0/s1. The summed E-state index contributed by atoms with van der Waals surface area (Å²) in [6.07, 6.45) is 5.62. The Bertz CT molecular complexity index is 1210. The van der Waals surface area contributed by atoms with E-state index >= 15 is 0 Å². The number of carbonyl (C=O) groups is 2. The summed E-state index contributed by atoms with van der Waals surface area (Å²) in [6.45, 7) is 2.84. The molecule has 5 rings (SSSR count). The molecule has 2 amide bonds. The van der Waals surface area contributed by atoms with E-state index < -0.39 is 0 Å². The SMILES string of the molecule is Cc1nccn1-c1cccc([C@@H]2CCCN2C(=O)CCN2C(=O)COc3ccc(Cl)cc32)n1. The molecule has 4 heterocycles. The number of imidazole rings is 1. The fraction of sp³-hybridized carbons (Fsp3) is 0.333. The van der Waals surface area contributed by atoms with Crippen LogP contribution in [0.1, 0.15) is 36.8 Å². The molecule has 1 aromatic carbocycles. The molecule has 1 fully saturated rings. The third-order valence-electron chi connectivity index (χ3n) is 6.16. The summed E-state index contributed by atoms with van der Waals surface area (Å²) >= 11 is 6.12. The fourth-order valence-corrected chi connectivity index (χ4v) is 4.69. The van der Waals surface area contributed by atoms with Crippen LogP contribution in [0.25, 0.3) is 5.82 Å². The largest absolute Gasteiger partial charge is 0.482 e. The smallest absolute Gasteiger partial charge is 0.265 e. The number of hydrogen-bond donors (Lipinski definition) is 0. The quantitative estimate of drug-likeness (QED) is 0.573. The normalized spacial score (nSPS) is 17.8. The van der Waals surface area contributed by atoms with Crippen molar-refractivity contribution in [3.8, 4) is 11.6 Å². The molecule has 8 nitrogen and oxygen atoms in total. The highest BCUT2D eigenvalue weighted by atomic mass is 35.5. The van der Waals surface area contributed by atoms with Gasteiger partial charge in [0.1, 0.15) is 17.4 Å². The van der Waals surface area contributed by atoms with Gasteiger partial charge < -0.3 is 14.5 Å². The van der Waals surface area contributed by atoms with E-state index in [1.807, 2.05) is 40.8 Å². The molecule has 0 N–H and O–H groups in total. The Labute approximate surface area is 196 Å². The number of aromatic nitrogens is 3. The van der Waals surface area contributed by atoms with Crippen molar-refractivity contribution in [3.63, 3.8) is 0 Å². The van der Waals surface area contributed by atoms with E-state index in [-0.39, 0.29) is 37.4 Å². The number of ether oxygens (including phenoxy) is 1. The van der Waals surface area contributed by atoms with Gasteiger partial charge >= 0.3 is 0 Å². The highest BCUT2D eigenvalue weighted by molar-refractivity contribution is 6.31. The van der Waals surface area contributed by atoms with Crippen molar-refractivity contribution >= 4 is 29.1 Å². The van der Waals surface area contributed by atoms with Crippen LogP contribution in [0.5, 0.6) is 5.75 Å². The van der Waals surface area contributed by atoms with Crippen molar-refractivity contribution in [2.75, 3.05) is 24.6 Å². The molecule has 3 aromatic rings. The summed E-state index contributed by atoms with van der Waals surface area (Å²) in [5.74, 6) is 2.07. The van der Waals surface area contributed by atoms with Gasteiger partial charge in [-0.25, -0.2) is 9.97 Å². The molecule has 0 radical (unpaired) electrons. The van der Waals surface area contributed by atoms with Crippen LogP contribution >= 0.6 is 11.6 Å². The first-order chi connectivity index (χ1) is 16.0. The highest BCUT2D eigenvalue weighted by Gasteiger charge is 2.32. The van der Waals surface area contributed by atoms with Gasteiger partial charge in [0.2, 0.25) is 5.91 Å². The maximum absolute atomic E-state index is 13.2. The van der Waals surface area contributed by atoms with Gasteiger partial charge in [-0.2, -0.15) is 0 Å². The number of likely N-dealkylation sites (tertiary alicyclic amines) is 1. The molecular weight excluding hydrogens is 442 g/mol. The summed E-state index contributed by atoms with van der Waals surface area (Å²) in [4.78, 5) is 38.3. The predicted octanol–water partition coefficient (Wildman–Crippen LogP) is 3.71. The maximum atomic E-state index is 13.2. The molecule has 170 valence electrons. The monoisotopic (exact) mass is 465 g/mol. The van der Waals surface area contributed by atoms with E-state index in [0.717, 1.165) is 30.2 Å². The second-order valence-electron chi connectivity index (χ2n) is 8.21. The van der Waals surface area contributed by atoms with Crippen molar-refractivity contribution in [3.05, 3.63) is 65.3 Å². The van der Waals surface area contributed by atoms with Gasteiger partial charge in [0.05, 0.1) is 17.4 Å². The number of nitrogens with zero attached hydrogens (tertiary/aromatic N) is 5. The minimum atomic E-state index is -0.180. The van der Waals surface area contributed by atoms with Gasteiger partial charge in [-0.05, 0) is 50.1 Å². The number of hydrogen-bond acceptors (Lipinski definition) is 5. The van der Waals surface area contributed by atoms with Gasteiger partial charge in [-0.3, -0.25) is 14.2 Å². The molecule has 2 aromatic heterocycles. The minimum Gasteiger partial charge on any atom is -0.482 e. The van der Waals surface area contributed by atoms with E-state index in [2.05, 4.69) is 4.98 Å². The van der Waals surface area contributed by atoms with Crippen molar-refractivity contribution in [1.82, 2.24) is 19.4 Å². The highest BCUT2D eigenvalue weighted by Crippen LogP contribution is 2.35. The Hall–Kier alpha value is -3.39. The van der Waals surface area contributed by atoms with Gasteiger partial charge in [0.15, 0.2) is 6.61 Å². The number of halogens is 1. The minimum absolute atomic E-state index is 0.00591. The Balaban J connectivity index is 1.31. The second kappa shape index (κ2) is 8.86. The van der Waals surface area contributed by atoms with Crippen molar-refractivity contribution in [2.24, 2.45) is 0 Å². The van der Waals surface area contributed by atoms with E-state index in [0.29, 0.717) is 23.0 Å². The maximum Gasteiger partial charge on any atom is 0.265 e. The van der Waals surface area contributed by atoms with Crippen LogP contribution in [0.15, 0.2) is 48.8 Å². The predicted molar refractivity (Wildman–Crippen MR) is 124 cm³/mol. The van der Waals surface area contributed by atoms with Crippen LogP contribution in [0.2, 0.25) is 5.02 Å². The zero-order valence-electron chi connectivity index (χ0n) is 18.3. The topological polar surface area (TPSA) is 80.6 Å². The number of anilines is 1. The first-order valence-corrected chi connectivity index (χ1v) is 11.4. The first kappa shape index (κ1) is 21.5. The lowest BCUT2D eigenvalue weighted by molar-refractivity contribution is -0.132. The second-order valence-corrected chi connectivity index (χ2v) is 8.64. The Kier molecular flexibility index (Phi) is 5.76. The molecule has 9 heteroatoms. The Morgan fingerprint density at radius 1 is 1.27 bits per heavy atom. The Morgan fingerprint density at radius 2 is 2.15 bits per heavy atom. The van der Waals surface area contributed by atoms with Crippen LogP contribution < -0.4 is 9.64 Å². The third kappa shape index (κ3) is 4.18. The van der Waals surface area contributed by atoms with Crippen LogP contribution in [0.4, 0.5) is 5.69 Å². The molecule has 1 saturated heterocycles. The van der Waals surface area contributed by atoms with Crippen molar-refractivity contribution < 1.29 is 14.3 Å². The van der Waals surface area contributed by atoms with Crippen molar-refractivity contribution in [2.45, 2.75) is 32.2 Å². The average molecular weight is 466 g/mol. The molecule has 0 saturated carbocycles. The molecule has 2 aliphatic heterocycles. The molecule has 0 bridgehead atoms. The number of benzene rings is 1. The third-order valence-corrected chi connectivity index (χ3v) is 6.39. The fourth-order valence-electron chi connectivity index (χ4n) is 4.52. The number of amides is 2. The molecule has 0 unspecified atom stereocenters. The molecule has 33 heavy (non-hydrogen) atoms.